The average Bonchev–Trinajstić information content (AvgIpc) is 2.65. The third-order valence-electron chi connectivity index (χ3n) is 2.05. The van der Waals surface area contributed by atoms with Crippen LogP contribution in [-0.4, -0.2) is 23.9 Å². The zero-order valence-electron chi connectivity index (χ0n) is 9.36. The first-order chi connectivity index (χ1) is 7.72. The summed E-state index contributed by atoms with van der Waals surface area (Å²) in [5.74, 6) is 2.02. The highest BCUT2D eigenvalue weighted by molar-refractivity contribution is 7.97. The molecule has 0 saturated heterocycles. The Morgan fingerprint density at radius 2 is 2.25 bits per heavy atom. The molecule has 0 radical (unpaired) electrons. The van der Waals surface area contributed by atoms with Crippen LogP contribution in [0.3, 0.4) is 0 Å². The number of hydrogen-bond donors (Lipinski definition) is 2. The van der Waals surface area contributed by atoms with Gasteiger partial charge in [0.2, 0.25) is 0 Å². The second-order valence-electron chi connectivity index (χ2n) is 3.48. The second kappa shape index (κ2) is 7.35. The van der Waals surface area contributed by atoms with E-state index < -0.39 is 5.97 Å². The van der Waals surface area contributed by atoms with Gasteiger partial charge in [0.1, 0.15) is 11.5 Å². The summed E-state index contributed by atoms with van der Waals surface area (Å²) in [6.45, 7) is 1.36. The maximum atomic E-state index is 10.3. The molecule has 0 aliphatic rings. The number of furan rings is 1. The first-order valence-electron chi connectivity index (χ1n) is 5.21. The molecule has 4 nitrogen and oxygen atoms in total. The van der Waals surface area contributed by atoms with Crippen molar-refractivity contribution < 1.29 is 14.3 Å². The molecule has 1 rings (SSSR count). The van der Waals surface area contributed by atoms with Crippen LogP contribution < -0.4 is 5.32 Å². The van der Waals surface area contributed by atoms with Crippen LogP contribution in [0.1, 0.15) is 24.4 Å². The Bertz CT molecular complexity index is 325. The van der Waals surface area contributed by atoms with Gasteiger partial charge in [0, 0.05) is 6.42 Å². The minimum absolute atomic E-state index is 0.211. The van der Waals surface area contributed by atoms with Gasteiger partial charge in [-0.1, -0.05) is 0 Å². The zero-order chi connectivity index (χ0) is 11.8. The van der Waals surface area contributed by atoms with Crippen LogP contribution in [-0.2, 0) is 17.1 Å². The van der Waals surface area contributed by atoms with E-state index in [9.17, 15) is 4.79 Å². The van der Waals surface area contributed by atoms with Gasteiger partial charge in [0.15, 0.2) is 0 Å². The highest BCUT2D eigenvalue weighted by Gasteiger charge is 2.01. The lowest BCUT2D eigenvalue weighted by Gasteiger charge is -2.00. The number of rotatable bonds is 8. The van der Waals surface area contributed by atoms with Crippen LogP contribution in [0.4, 0.5) is 0 Å². The van der Waals surface area contributed by atoms with Crippen molar-refractivity contribution in [2.24, 2.45) is 0 Å². The molecule has 1 aromatic rings. The summed E-state index contributed by atoms with van der Waals surface area (Å²) < 4.78 is 5.55. The van der Waals surface area contributed by atoms with Gasteiger partial charge >= 0.3 is 5.97 Å². The molecule has 1 heterocycles. The quantitative estimate of drug-likeness (QED) is 0.685. The first-order valence-corrected chi connectivity index (χ1v) is 6.61. The van der Waals surface area contributed by atoms with Gasteiger partial charge in [-0.25, -0.2) is 0 Å². The normalized spacial score (nSPS) is 10.6. The molecule has 0 aromatic carbocycles. The average molecular weight is 243 g/mol. The number of aliphatic carboxylic acids is 1. The van der Waals surface area contributed by atoms with Crippen LogP contribution in [0.25, 0.3) is 0 Å². The van der Waals surface area contributed by atoms with Crippen LogP contribution in [0.2, 0.25) is 0 Å². The van der Waals surface area contributed by atoms with Crippen molar-refractivity contribution in [3.05, 3.63) is 23.7 Å². The molecule has 1 aromatic heterocycles. The van der Waals surface area contributed by atoms with E-state index in [-0.39, 0.29) is 6.42 Å². The predicted molar refractivity (Wildman–Crippen MR) is 64.5 cm³/mol. The minimum atomic E-state index is -0.748. The fraction of sp³-hybridized carbons (Fsp3) is 0.545. The van der Waals surface area contributed by atoms with Crippen molar-refractivity contribution in [1.29, 1.82) is 0 Å². The van der Waals surface area contributed by atoms with E-state index in [1.54, 1.807) is 11.8 Å². The molecule has 0 saturated carbocycles. The van der Waals surface area contributed by atoms with Crippen LogP contribution in [0.15, 0.2) is 16.5 Å². The summed E-state index contributed by atoms with van der Waals surface area (Å²) in [6, 6.07) is 3.93. The van der Waals surface area contributed by atoms with E-state index in [1.165, 1.54) is 0 Å². The smallest absolute Gasteiger partial charge is 0.303 e. The molecule has 0 aliphatic heterocycles. The monoisotopic (exact) mass is 243 g/mol. The standard InChI is InChI=1S/C11H17NO3S/c1-16-8-10-5-4-9(15-10)7-12-6-2-3-11(13)14/h4-5,12H,2-3,6-8H2,1H3,(H,13,14). The van der Waals surface area contributed by atoms with Crippen molar-refractivity contribution in [3.8, 4) is 0 Å². The van der Waals surface area contributed by atoms with Crippen LogP contribution >= 0.6 is 11.8 Å². The highest BCUT2D eigenvalue weighted by Crippen LogP contribution is 2.13. The summed E-state index contributed by atoms with van der Waals surface area (Å²) in [6.07, 6.45) is 2.89. The van der Waals surface area contributed by atoms with Crippen molar-refractivity contribution in [1.82, 2.24) is 5.32 Å². The lowest BCUT2D eigenvalue weighted by molar-refractivity contribution is -0.137. The predicted octanol–water partition coefficient (Wildman–Crippen LogP) is 2.10. The van der Waals surface area contributed by atoms with Gasteiger partial charge < -0.3 is 14.8 Å². The van der Waals surface area contributed by atoms with E-state index >= 15 is 0 Å². The Balaban J connectivity index is 2.14. The van der Waals surface area contributed by atoms with Crippen molar-refractivity contribution >= 4 is 17.7 Å². The second-order valence-corrected chi connectivity index (χ2v) is 4.34. The summed E-state index contributed by atoms with van der Waals surface area (Å²) in [5.41, 5.74) is 0. The number of carboxylic acid groups (broad SMARTS) is 1. The van der Waals surface area contributed by atoms with Gasteiger partial charge in [0.25, 0.3) is 0 Å². The van der Waals surface area contributed by atoms with Crippen LogP contribution in [0.5, 0.6) is 0 Å². The van der Waals surface area contributed by atoms with Crippen LogP contribution in [0, 0.1) is 0 Å². The Labute approximate surface area is 99.4 Å². The lowest BCUT2D eigenvalue weighted by Crippen LogP contribution is -2.15. The molecule has 0 bridgehead atoms. The summed E-state index contributed by atoms with van der Waals surface area (Å²) in [5, 5.41) is 11.6. The van der Waals surface area contributed by atoms with Gasteiger partial charge in [-0.05, 0) is 31.4 Å². The molecule has 0 spiro atoms. The summed E-state index contributed by atoms with van der Waals surface area (Å²) in [4.78, 5) is 10.3. The summed E-state index contributed by atoms with van der Waals surface area (Å²) >= 11 is 1.72. The molecule has 0 aliphatic carbocycles. The van der Waals surface area contributed by atoms with Gasteiger partial charge in [-0.2, -0.15) is 11.8 Å². The molecule has 0 amide bonds. The van der Waals surface area contributed by atoms with Crippen molar-refractivity contribution in [2.45, 2.75) is 25.1 Å². The van der Waals surface area contributed by atoms with Gasteiger partial charge in [-0.15, -0.1) is 0 Å². The maximum Gasteiger partial charge on any atom is 0.303 e. The number of nitrogens with one attached hydrogen (secondary N) is 1. The summed E-state index contributed by atoms with van der Waals surface area (Å²) in [7, 11) is 0. The number of carboxylic acids is 1. The molecular formula is C11H17NO3S. The third kappa shape index (κ3) is 5.23. The molecule has 90 valence electrons. The fourth-order valence-corrected chi connectivity index (χ4v) is 1.75. The number of carbonyl (C=O) groups is 1. The van der Waals surface area contributed by atoms with Gasteiger partial charge in [-0.3, -0.25) is 4.79 Å². The molecule has 2 N–H and O–H groups in total. The van der Waals surface area contributed by atoms with E-state index in [0.29, 0.717) is 19.5 Å². The zero-order valence-corrected chi connectivity index (χ0v) is 10.2. The third-order valence-corrected chi connectivity index (χ3v) is 2.62. The molecule has 0 unspecified atom stereocenters. The molecule has 0 fully saturated rings. The van der Waals surface area contributed by atoms with E-state index in [4.69, 9.17) is 9.52 Å². The van der Waals surface area contributed by atoms with E-state index in [0.717, 1.165) is 17.3 Å². The van der Waals surface area contributed by atoms with Crippen molar-refractivity contribution in [3.63, 3.8) is 0 Å². The Kier molecular flexibility index (Phi) is 6.03. The molecular weight excluding hydrogens is 226 g/mol. The molecule has 16 heavy (non-hydrogen) atoms. The van der Waals surface area contributed by atoms with Gasteiger partial charge in [0.05, 0.1) is 12.3 Å². The molecule has 5 heteroatoms. The Morgan fingerprint density at radius 1 is 1.50 bits per heavy atom. The first kappa shape index (κ1) is 13.1. The number of hydrogen-bond acceptors (Lipinski definition) is 4. The van der Waals surface area contributed by atoms with E-state index in [2.05, 4.69) is 5.32 Å². The lowest BCUT2D eigenvalue weighted by atomic mass is 10.3. The highest BCUT2D eigenvalue weighted by atomic mass is 32.2. The maximum absolute atomic E-state index is 10.3. The molecule has 0 atom stereocenters. The number of thioether (sulfide) groups is 1. The Hall–Kier alpha value is -0.940. The SMILES string of the molecule is CSCc1ccc(CNCCCC(=O)O)o1. The minimum Gasteiger partial charge on any atom is -0.481 e. The fourth-order valence-electron chi connectivity index (χ4n) is 1.31. The Morgan fingerprint density at radius 3 is 2.94 bits per heavy atom. The van der Waals surface area contributed by atoms with Crippen molar-refractivity contribution in [2.75, 3.05) is 12.8 Å². The topological polar surface area (TPSA) is 62.5 Å². The van der Waals surface area contributed by atoms with E-state index in [1.807, 2.05) is 18.4 Å². The largest absolute Gasteiger partial charge is 0.481 e.